The summed E-state index contributed by atoms with van der Waals surface area (Å²) in [6.45, 7) is 0. The first-order chi connectivity index (χ1) is 14.5. The van der Waals surface area contributed by atoms with Gasteiger partial charge in [-0.3, -0.25) is 9.59 Å². The van der Waals surface area contributed by atoms with E-state index in [0.717, 1.165) is 0 Å². The average Bonchev–Trinajstić information content (AvgIpc) is 2.88. The summed E-state index contributed by atoms with van der Waals surface area (Å²) in [7, 11) is 4.72. The van der Waals surface area contributed by atoms with E-state index in [2.05, 4.69) is 5.32 Å². The molecule has 3 aromatic rings. The molecule has 1 N–H and O–H groups in total. The minimum Gasteiger partial charge on any atom is -0.493 e. The molecule has 1 aliphatic rings. The Hall–Kier alpha value is -4.00. The number of amides is 2. The molecule has 0 unspecified atom stereocenters. The van der Waals surface area contributed by atoms with Crippen molar-refractivity contribution in [1.82, 2.24) is 0 Å². The van der Waals surface area contributed by atoms with Crippen molar-refractivity contribution < 1.29 is 23.8 Å². The van der Waals surface area contributed by atoms with E-state index in [1.54, 1.807) is 49.5 Å². The maximum Gasteiger partial charge on any atom is 0.261 e. The molecule has 0 atom stereocenters. The molecule has 0 saturated heterocycles. The SMILES string of the molecule is COc1ccc(C(=O)Nc2ccc3c(c2)C(=O)N(C)c2ccccc2O3)cc1OC. The second-order valence-electron chi connectivity index (χ2n) is 6.67. The Morgan fingerprint density at radius 1 is 0.933 bits per heavy atom. The molecule has 1 aliphatic heterocycles. The fraction of sp³-hybridized carbons (Fsp3) is 0.130. The lowest BCUT2D eigenvalue weighted by Gasteiger charge is -2.16. The van der Waals surface area contributed by atoms with Crippen molar-refractivity contribution in [1.29, 1.82) is 0 Å². The van der Waals surface area contributed by atoms with E-state index in [1.807, 2.05) is 18.2 Å². The van der Waals surface area contributed by atoms with Crippen LogP contribution >= 0.6 is 0 Å². The van der Waals surface area contributed by atoms with Gasteiger partial charge < -0.3 is 24.4 Å². The minimum atomic E-state index is -0.338. The Kier molecular flexibility index (Phi) is 5.02. The molecule has 0 aromatic heterocycles. The number of rotatable bonds is 4. The number of carbonyl (C=O) groups is 2. The van der Waals surface area contributed by atoms with Crippen LogP contribution in [0.1, 0.15) is 20.7 Å². The zero-order valence-corrected chi connectivity index (χ0v) is 16.8. The third-order valence-electron chi connectivity index (χ3n) is 4.86. The van der Waals surface area contributed by atoms with Crippen LogP contribution in [0.2, 0.25) is 0 Å². The van der Waals surface area contributed by atoms with Crippen molar-refractivity contribution in [2.45, 2.75) is 0 Å². The van der Waals surface area contributed by atoms with E-state index >= 15 is 0 Å². The topological polar surface area (TPSA) is 77.1 Å². The number of ether oxygens (including phenoxy) is 3. The largest absolute Gasteiger partial charge is 0.493 e. The van der Waals surface area contributed by atoms with Gasteiger partial charge in [0.05, 0.1) is 25.5 Å². The molecule has 0 bridgehead atoms. The highest BCUT2D eigenvalue weighted by Gasteiger charge is 2.26. The summed E-state index contributed by atoms with van der Waals surface area (Å²) in [6, 6.07) is 17.2. The molecule has 7 heteroatoms. The van der Waals surface area contributed by atoms with E-state index in [0.29, 0.717) is 45.5 Å². The minimum absolute atomic E-state index is 0.225. The predicted molar refractivity (Wildman–Crippen MR) is 113 cm³/mol. The Morgan fingerprint density at radius 2 is 1.70 bits per heavy atom. The third-order valence-corrected chi connectivity index (χ3v) is 4.86. The van der Waals surface area contributed by atoms with Crippen LogP contribution in [-0.2, 0) is 0 Å². The third kappa shape index (κ3) is 3.41. The summed E-state index contributed by atoms with van der Waals surface area (Å²) in [5, 5.41) is 2.81. The molecular weight excluding hydrogens is 384 g/mol. The molecule has 0 spiro atoms. The van der Waals surface area contributed by atoms with Crippen molar-refractivity contribution in [2.75, 3.05) is 31.5 Å². The first-order valence-electron chi connectivity index (χ1n) is 9.24. The van der Waals surface area contributed by atoms with Crippen LogP contribution in [0.15, 0.2) is 60.7 Å². The molecule has 30 heavy (non-hydrogen) atoms. The van der Waals surface area contributed by atoms with Crippen LogP contribution < -0.4 is 24.4 Å². The Morgan fingerprint density at radius 3 is 2.47 bits per heavy atom. The van der Waals surface area contributed by atoms with Gasteiger partial charge in [0.15, 0.2) is 17.2 Å². The lowest BCUT2D eigenvalue weighted by molar-refractivity contribution is 0.0990. The first kappa shape index (κ1) is 19.3. The van der Waals surface area contributed by atoms with Crippen LogP contribution in [0.3, 0.4) is 0 Å². The molecule has 0 radical (unpaired) electrons. The number of para-hydroxylation sites is 2. The molecule has 0 fully saturated rings. The Balaban J connectivity index is 1.62. The second-order valence-corrected chi connectivity index (χ2v) is 6.67. The molecule has 7 nitrogen and oxygen atoms in total. The summed E-state index contributed by atoms with van der Waals surface area (Å²) in [5.74, 6) is 1.45. The highest BCUT2D eigenvalue weighted by atomic mass is 16.5. The smallest absolute Gasteiger partial charge is 0.261 e. The van der Waals surface area contributed by atoms with E-state index in [9.17, 15) is 9.59 Å². The molecule has 152 valence electrons. The highest BCUT2D eigenvalue weighted by Crippen LogP contribution is 2.39. The van der Waals surface area contributed by atoms with E-state index < -0.39 is 0 Å². The van der Waals surface area contributed by atoms with Crippen LogP contribution in [0.25, 0.3) is 0 Å². The van der Waals surface area contributed by atoms with Gasteiger partial charge in [-0.1, -0.05) is 12.1 Å². The van der Waals surface area contributed by atoms with Gasteiger partial charge in [0, 0.05) is 18.3 Å². The van der Waals surface area contributed by atoms with Crippen molar-refractivity contribution >= 4 is 23.2 Å². The van der Waals surface area contributed by atoms with Crippen molar-refractivity contribution in [2.24, 2.45) is 0 Å². The van der Waals surface area contributed by atoms with Gasteiger partial charge in [0.1, 0.15) is 5.75 Å². The molecule has 0 aliphatic carbocycles. The van der Waals surface area contributed by atoms with Crippen LogP contribution in [0.5, 0.6) is 23.0 Å². The van der Waals surface area contributed by atoms with Gasteiger partial charge in [-0.2, -0.15) is 0 Å². The first-order valence-corrected chi connectivity index (χ1v) is 9.24. The average molecular weight is 404 g/mol. The number of anilines is 2. The summed E-state index contributed by atoms with van der Waals surface area (Å²) >= 11 is 0. The normalized spacial score (nSPS) is 12.2. The molecule has 2 amide bonds. The Bertz CT molecular complexity index is 1140. The summed E-state index contributed by atoms with van der Waals surface area (Å²) < 4.78 is 16.4. The molecule has 1 heterocycles. The van der Waals surface area contributed by atoms with E-state index in [-0.39, 0.29) is 11.8 Å². The number of fused-ring (bicyclic) bond motifs is 2. The van der Waals surface area contributed by atoms with Gasteiger partial charge in [0.2, 0.25) is 0 Å². The fourth-order valence-corrected chi connectivity index (χ4v) is 3.27. The molecular formula is C23H20N2O5. The van der Waals surface area contributed by atoms with Gasteiger partial charge in [0.25, 0.3) is 11.8 Å². The number of benzene rings is 3. The standard InChI is InChI=1S/C23H20N2O5/c1-25-17-6-4-5-7-19(17)30-18-11-9-15(13-16(18)23(25)27)24-22(26)14-8-10-20(28-2)21(12-14)29-3/h4-13H,1-3H3,(H,24,26). The van der Waals surface area contributed by atoms with Gasteiger partial charge in [-0.15, -0.1) is 0 Å². The lowest BCUT2D eigenvalue weighted by atomic mass is 10.1. The number of hydrogen-bond donors (Lipinski definition) is 1. The van der Waals surface area contributed by atoms with E-state index in [4.69, 9.17) is 14.2 Å². The van der Waals surface area contributed by atoms with Crippen LogP contribution in [0, 0.1) is 0 Å². The molecule has 0 saturated carbocycles. The van der Waals surface area contributed by atoms with Gasteiger partial charge >= 0.3 is 0 Å². The summed E-state index contributed by atoms with van der Waals surface area (Å²) in [6.07, 6.45) is 0. The maximum atomic E-state index is 13.0. The van der Waals surface area contributed by atoms with Gasteiger partial charge in [-0.05, 0) is 48.5 Å². The lowest BCUT2D eigenvalue weighted by Crippen LogP contribution is -2.25. The van der Waals surface area contributed by atoms with E-state index in [1.165, 1.54) is 19.1 Å². The summed E-state index contributed by atoms with van der Waals surface area (Å²) in [4.78, 5) is 27.2. The zero-order valence-electron chi connectivity index (χ0n) is 16.8. The summed E-state index contributed by atoms with van der Waals surface area (Å²) in [5.41, 5.74) is 1.91. The van der Waals surface area contributed by atoms with Crippen LogP contribution in [-0.4, -0.2) is 33.1 Å². The zero-order chi connectivity index (χ0) is 21.3. The number of nitrogens with zero attached hydrogens (tertiary/aromatic N) is 1. The maximum absolute atomic E-state index is 13.0. The quantitative estimate of drug-likeness (QED) is 0.700. The number of nitrogens with one attached hydrogen (secondary N) is 1. The number of carbonyl (C=O) groups excluding carboxylic acids is 2. The van der Waals surface area contributed by atoms with Crippen LogP contribution in [0.4, 0.5) is 11.4 Å². The molecule has 3 aromatic carbocycles. The number of methoxy groups -OCH3 is 2. The fourth-order valence-electron chi connectivity index (χ4n) is 3.27. The second kappa shape index (κ2) is 7.79. The predicted octanol–water partition coefficient (Wildman–Crippen LogP) is 4.34. The van der Waals surface area contributed by atoms with Crippen molar-refractivity contribution in [3.05, 3.63) is 71.8 Å². The Labute approximate surface area is 173 Å². The highest BCUT2D eigenvalue weighted by molar-refractivity contribution is 6.11. The number of hydrogen-bond acceptors (Lipinski definition) is 5. The van der Waals surface area contributed by atoms with Crippen molar-refractivity contribution in [3.8, 4) is 23.0 Å². The molecule has 4 rings (SSSR count). The monoisotopic (exact) mass is 404 g/mol. The van der Waals surface area contributed by atoms with Crippen molar-refractivity contribution in [3.63, 3.8) is 0 Å². The van der Waals surface area contributed by atoms with Gasteiger partial charge in [-0.25, -0.2) is 0 Å².